The summed E-state index contributed by atoms with van der Waals surface area (Å²) in [6.07, 6.45) is 0.157. The Morgan fingerprint density at radius 2 is 1.73 bits per heavy atom. The molecule has 0 saturated heterocycles. The number of nitrogens with zero attached hydrogens (tertiary/aromatic N) is 2. The van der Waals surface area contributed by atoms with E-state index >= 15 is 0 Å². The number of carbonyl (C=O) groups is 1. The van der Waals surface area contributed by atoms with Crippen LogP contribution in [-0.2, 0) is 11.2 Å². The van der Waals surface area contributed by atoms with Crippen molar-refractivity contribution in [2.45, 2.75) is 27.2 Å². The predicted octanol–water partition coefficient (Wildman–Crippen LogP) is 6.72. The lowest BCUT2D eigenvalue weighted by Gasteiger charge is -2.06. The van der Waals surface area contributed by atoms with Crippen LogP contribution >= 0.6 is 11.3 Å². The minimum absolute atomic E-state index is 0.130. The van der Waals surface area contributed by atoms with Crippen LogP contribution in [0.5, 0.6) is 0 Å². The van der Waals surface area contributed by atoms with Gasteiger partial charge >= 0.3 is 0 Å². The Balaban J connectivity index is 1.31. The van der Waals surface area contributed by atoms with Crippen molar-refractivity contribution in [2.75, 3.05) is 5.32 Å². The number of benzene rings is 3. The van der Waals surface area contributed by atoms with Gasteiger partial charge in [-0.15, -0.1) is 11.3 Å². The summed E-state index contributed by atoms with van der Waals surface area (Å²) in [7, 11) is 0. The summed E-state index contributed by atoms with van der Waals surface area (Å²) in [5.41, 5.74) is 7.39. The number of carbonyl (C=O) groups excluding carboxylic acids is 1. The molecule has 0 fully saturated rings. The number of anilines is 1. The molecule has 1 N–H and O–H groups in total. The molecule has 5 rings (SSSR count). The van der Waals surface area contributed by atoms with E-state index in [4.69, 9.17) is 9.51 Å². The quantitative estimate of drug-likeness (QED) is 0.321. The van der Waals surface area contributed by atoms with Gasteiger partial charge in [0.25, 0.3) is 0 Å². The van der Waals surface area contributed by atoms with Crippen LogP contribution in [0.25, 0.3) is 32.8 Å². The maximum atomic E-state index is 12.7. The van der Waals surface area contributed by atoms with Crippen molar-refractivity contribution in [3.8, 4) is 21.8 Å². The van der Waals surface area contributed by atoms with E-state index in [1.807, 2.05) is 62.4 Å². The van der Waals surface area contributed by atoms with Crippen molar-refractivity contribution in [1.29, 1.82) is 0 Å². The van der Waals surface area contributed by atoms with Crippen molar-refractivity contribution in [2.24, 2.45) is 0 Å². The fourth-order valence-electron chi connectivity index (χ4n) is 4.08. The van der Waals surface area contributed by atoms with Gasteiger partial charge < -0.3 is 9.84 Å². The zero-order valence-corrected chi connectivity index (χ0v) is 19.5. The monoisotopic (exact) mass is 453 g/mol. The molecule has 3 aromatic carbocycles. The van der Waals surface area contributed by atoms with E-state index in [9.17, 15) is 4.79 Å². The van der Waals surface area contributed by atoms with Crippen molar-refractivity contribution in [1.82, 2.24) is 10.1 Å². The molecule has 0 saturated carbocycles. The van der Waals surface area contributed by atoms with Gasteiger partial charge in [0.05, 0.1) is 12.1 Å². The van der Waals surface area contributed by atoms with Crippen LogP contribution in [0.2, 0.25) is 0 Å². The first-order chi connectivity index (χ1) is 16.0. The summed E-state index contributed by atoms with van der Waals surface area (Å²) >= 11 is 1.69. The number of aryl methyl sites for hydroxylation is 3. The number of fused-ring (bicyclic) bond motifs is 1. The topological polar surface area (TPSA) is 68.0 Å². The number of nitrogens with one attached hydrogen (secondary N) is 1. The normalized spacial score (nSPS) is 11.1. The number of hydrogen-bond acceptors (Lipinski definition) is 5. The van der Waals surface area contributed by atoms with Crippen molar-refractivity contribution in [3.05, 3.63) is 88.4 Å². The van der Waals surface area contributed by atoms with E-state index in [0.717, 1.165) is 48.9 Å². The number of rotatable bonds is 5. The minimum atomic E-state index is -0.130. The summed E-state index contributed by atoms with van der Waals surface area (Å²) in [6.45, 7) is 6.11. The summed E-state index contributed by atoms with van der Waals surface area (Å²) in [4.78, 5) is 18.7. The molecule has 5 nitrogen and oxygen atoms in total. The highest BCUT2D eigenvalue weighted by Gasteiger charge is 2.16. The first kappa shape index (κ1) is 21.1. The molecular weight excluding hydrogens is 430 g/mol. The maximum Gasteiger partial charge on any atom is 0.230 e. The van der Waals surface area contributed by atoms with Crippen LogP contribution in [-0.4, -0.2) is 16.0 Å². The first-order valence-electron chi connectivity index (χ1n) is 10.8. The number of thiazole rings is 1. The van der Waals surface area contributed by atoms with Gasteiger partial charge in [-0.3, -0.25) is 4.79 Å². The average molecular weight is 454 g/mol. The van der Waals surface area contributed by atoms with Gasteiger partial charge in [0, 0.05) is 27.1 Å². The molecular formula is C27H23N3O2S. The summed E-state index contributed by atoms with van der Waals surface area (Å²) in [5.74, 6) is -0.130. The zero-order chi connectivity index (χ0) is 22.9. The second-order valence-corrected chi connectivity index (χ2v) is 9.38. The number of hydrogen-bond donors (Lipinski definition) is 1. The third-order valence-corrected chi connectivity index (χ3v) is 6.59. The molecule has 0 aliphatic heterocycles. The Morgan fingerprint density at radius 3 is 2.48 bits per heavy atom. The molecule has 0 radical (unpaired) electrons. The Labute approximate surface area is 196 Å². The largest absolute Gasteiger partial charge is 0.356 e. The average Bonchev–Trinajstić information content (AvgIpc) is 3.38. The van der Waals surface area contributed by atoms with E-state index in [1.54, 1.807) is 11.3 Å². The van der Waals surface area contributed by atoms with Crippen LogP contribution < -0.4 is 5.32 Å². The molecule has 33 heavy (non-hydrogen) atoms. The standard InChI is InChI=1S/C27H23N3O2S/c1-16-13-17(2)25-22(30-32-23(25)14-16)15-24(31)28-21-11-9-19(10-12-21)26-18(3)33-27(29-26)20-7-5-4-6-8-20/h4-14H,15H2,1-3H3,(H,28,31). The Hall–Kier alpha value is -3.77. The van der Waals surface area contributed by atoms with E-state index < -0.39 is 0 Å². The molecule has 0 aliphatic carbocycles. The molecule has 0 bridgehead atoms. The van der Waals surface area contributed by atoms with E-state index in [0.29, 0.717) is 11.3 Å². The first-order valence-corrected chi connectivity index (χ1v) is 11.6. The van der Waals surface area contributed by atoms with Gasteiger partial charge in [0.15, 0.2) is 5.58 Å². The molecule has 1 amide bonds. The fraction of sp³-hybridized carbons (Fsp3) is 0.148. The van der Waals surface area contributed by atoms with Gasteiger partial charge in [0.2, 0.25) is 5.91 Å². The SMILES string of the molecule is Cc1cc(C)c2c(CC(=O)Nc3ccc(-c4nc(-c5ccccc5)sc4C)cc3)noc2c1. The zero-order valence-electron chi connectivity index (χ0n) is 18.7. The summed E-state index contributed by atoms with van der Waals surface area (Å²) < 4.78 is 5.44. The van der Waals surface area contributed by atoms with Gasteiger partial charge in [-0.25, -0.2) is 4.98 Å². The Kier molecular flexibility index (Phi) is 5.52. The highest BCUT2D eigenvalue weighted by molar-refractivity contribution is 7.15. The lowest BCUT2D eigenvalue weighted by atomic mass is 10.0. The number of aromatic nitrogens is 2. The predicted molar refractivity (Wildman–Crippen MR) is 134 cm³/mol. The second-order valence-electron chi connectivity index (χ2n) is 8.18. The van der Waals surface area contributed by atoms with E-state index in [-0.39, 0.29) is 12.3 Å². The van der Waals surface area contributed by atoms with Crippen molar-refractivity contribution < 1.29 is 9.32 Å². The van der Waals surface area contributed by atoms with Gasteiger partial charge in [-0.2, -0.15) is 0 Å². The highest BCUT2D eigenvalue weighted by Crippen LogP contribution is 2.33. The molecule has 0 spiro atoms. The lowest BCUT2D eigenvalue weighted by molar-refractivity contribution is -0.115. The fourth-order valence-corrected chi connectivity index (χ4v) is 5.02. The lowest BCUT2D eigenvalue weighted by Crippen LogP contribution is -2.14. The molecule has 164 valence electrons. The molecule has 0 unspecified atom stereocenters. The molecule has 0 aliphatic rings. The third-order valence-electron chi connectivity index (χ3n) is 5.57. The van der Waals surface area contributed by atoms with Gasteiger partial charge in [0.1, 0.15) is 10.7 Å². The van der Waals surface area contributed by atoms with Crippen LogP contribution in [0.1, 0.15) is 21.7 Å². The molecule has 2 aromatic heterocycles. The smallest absolute Gasteiger partial charge is 0.230 e. The molecule has 0 atom stereocenters. The van der Waals surface area contributed by atoms with Crippen LogP contribution in [0.3, 0.4) is 0 Å². The minimum Gasteiger partial charge on any atom is -0.356 e. The Bertz CT molecular complexity index is 1450. The second kappa shape index (κ2) is 8.64. The highest BCUT2D eigenvalue weighted by atomic mass is 32.1. The number of amides is 1. The molecule has 2 heterocycles. The maximum absolute atomic E-state index is 12.7. The van der Waals surface area contributed by atoms with Gasteiger partial charge in [-0.1, -0.05) is 53.7 Å². The van der Waals surface area contributed by atoms with Crippen molar-refractivity contribution in [3.63, 3.8) is 0 Å². The van der Waals surface area contributed by atoms with Crippen LogP contribution in [0.4, 0.5) is 5.69 Å². The van der Waals surface area contributed by atoms with E-state index in [2.05, 4.69) is 35.6 Å². The van der Waals surface area contributed by atoms with Gasteiger partial charge in [-0.05, 0) is 50.1 Å². The van der Waals surface area contributed by atoms with E-state index in [1.165, 1.54) is 0 Å². The summed E-state index contributed by atoms with van der Waals surface area (Å²) in [6, 6.07) is 22.0. The van der Waals surface area contributed by atoms with Crippen LogP contribution in [0.15, 0.2) is 71.3 Å². The molecule has 6 heteroatoms. The van der Waals surface area contributed by atoms with Crippen molar-refractivity contribution >= 4 is 33.9 Å². The Morgan fingerprint density at radius 1 is 0.970 bits per heavy atom. The van der Waals surface area contributed by atoms with Crippen LogP contribution in [0, 0.1) is 20.8 Å². The summed E-state index contributed by atoms with van der Waals surface area (Å²) in [5, 5.41) is 9.01. The third kappa shape index (κ3) is 4.30. The molecule has 5 aromatic rings.